The molecule has 0 aliphatic rings. The fraction of sp³-hybridized carbons (Fsp3) is 0.176. The number of rotatable bonds is 4. The molecular weight excluding hydrogens is 248 g/mol. The van der Waals surface area contributed by atoms with Crippen molar-refractivity contribution in [3.63, 3.8) is 0 Å². The summed E-state index contributed by atoms with van der Waals surface area (Å²) < 4.78 is 7.65. The van der Waals surface area contributed by atoms with Gasteiger partial charge in [0, 0.05) is 23.8 Å². The van der Waals surface area contributed by atoms with Gasteiger partial charge in [0.25, 0.3) is 0 Å². The summed E-state index contributed by atoms with van der Waals surface area (Å²) in [7, 11) is 1.71. The van der Waals surface area contributed by atoms with Crippen LogP contribution in [0.1, 0.15) is 5.56 Å². The van der Waals surface area contributed by atoms with Crippen LogP contribution in [0, 0.1) is 0 Å². The molecule has 0 saturated heterocycles. The standard InChI is InChI=1S/C17H18N2O/c1-20-17-4-2-3-16-15(17)10-12-19(16)11-9-13-5-7-14(18)8-6-13/h2-8,10,12H,9,11,18H2,1H3. The molecule has 0 bridgehead atoms. The summed E-state index contributed by atoms with van der Waals surface area (Å²) >= 11 is 0. The summed E-state index contributed by atoms with van der Waals surface area (Å²) in [5.41, 5.74) is 9.02. The lowest BCUT2D eigenvalue weighted by atomic mass is 10.1. The Morgan fingerprint density at radius 2 is 1.85 bits per heavy atom. The van der Waals surface area contributed by atoms with Gasteiger partial charge in [-0.25, -0.2) is 0 Å². The largest absolute Gasteiger partial charge is 0.496 e. The molecule has 0 saturated carbocycles. The number of ether oxygens (including phenoxy) is 1. The monoisotopic (exact) mass is 266 g/mol. The maximum Gasteiger partial charge on any atom is 0.128 e. The third-order valence-corrected chi connectivity index (χ3v) is 3.61. The first-order valence-corrected chi connectivity index (χ1v) is 6.74. The molecule has 0 fully saturated rings. The van der Waals surface area contributed by atoms with Gasteiger partial charge in [-0.2, -0.15) is 0 Å². The second kappa shape index (κ2) is 5.29. The maximum absolute atomic E-state index is 5.70. The lowest BCUT2D eigenvalue weighted by Gasteiger charge is -2.07. The van der Waals surface area contributed by atoms with Crippen LogP contribution in [0.15, 0.2) is 54.7 Å². The summed E-state index contributed by atoms with van der Waals surface area (Å²) in [6, 6.07) is 16.3. The summed E-state index contributed by atoms with van der Waals surface area (Å²) in [4.78, 5) is 0. The van der Waals surface area contributed by atoms with Gasteiger partial charge in [-0.15, -0.1) is 0 Å². The first kappa shape index (κ1) is 12.6. The number of aryl methyl sites for hydroxylation is 2. The Morgan fingerprint density at radius 3 is 2.60 bits per heavy atom. The topological polar surface area (TPSA) is 40.2 Å². The van der Waals surface area contributed by atoms with Crippen molar-refractivity contribution >= 4 is 16.6 Å². The van der Waals surface area contributed by atoms with Crippen LogP contribution in [-0.2, 0) is 13.0 Å². The van der Waals surface area contributed by atoms with Crippen LogP contribution < -0.4 is 10.5 Å². The van der Waals surface area contributed by atoms with Crippen LogP contribution in [0.2, 0.25) is 0 Å². The highest BCUT2D eigenvalue weighted by Gasteiger charge is 2.05. The zero-order valence-electron chi connectivity index (χ0n) is 11.5. The summed E-state index contributed by atoms with van der Waals surface area (Å²) in [6.45, 7) is 0.945. The SMILES string of the molecule is COc1cccc2c1ccn2CCc1ccc(N)cc1. The third kappa shape index (κ3) is 2.35. The molecular formula is C17H18N2O. The van der Waals surface area contributed by atoms with Crippen LogP contribution in [0.25, 0.3) is 10.9 Å². The molecule has 0 spiro atoms. The highest BCUT2D eigenvalue weighted by molar-refractivity contribution is 5.86. The molecule has 1 aromatic heterocycles. The van der Waals surface area contributed by atoms with Gasteiger partial charge in [0.05, 0.1) is 12.6 Å². The van der Waals surface area contributed by atoms with Gasteiger partial charge >= 0.3 is 0 Å². The molecule has 2 N–H and O–H groups in total. The highest BCUT2D eigenvalue weighted by Crippen LogP contribution is 2.26. The van der Waals surface area contributed by atoms with E-state index in [4.69, 9.17) is 10.5 Å². The molecule has 0 atom stereocenters. The van der Waals surface area contributed by atoms with E-state index in [0.717, 1.165) is 29.8 Å². The molecule has 3 rings (SSSR count). The second-order valence-corrected chi connectivity index (χ2v) is 4.89. The molecule has 1 heterocycles. The van der Waals surface area contributed by atoms with Crippen molar-refractivity contribution in [1.82, 2.24) is 4.57 Å². The number of methoxy groups -OCH3 is 1. The molecule has 0 radical (unpaired) electrons. The molecule has 0 aliphatic carbocycles. The van der Waals surface area contributed by atoms with Gasteiger partial charge < -0.3 is 15.0 Å². The van der Waals surface area contributed by atoms with Gasteiger partial charge in [0.1, 0.15) is 5.75 Å². The zero-order valence-corrected chi connectivity index (χ0v) is 11.5. The number of benzene rings is 2. The van der Waals surface area contributed by atoms with Crippen LogP contribution in [0.3, 0.4) is 0 Å². The van der Waals surface area contributed by atoms with E-state index in [-0.39, 0.29) is 0 Å². The molecule has 3 aromatic rings. The molecule has 102 valence electrons. The fourth-order valence-corrected chi connectivity index (χ4v) is 2.50. The lowest BCUT2D eigenvalue weighted by molar-refractivity contribution is 0.420. The molecule has 20 heavy (non-hydrogen) atoms. The highest BCUT2D eigenvalue weighted by atomic mass is 16.5. The number of nitrogen functional groups attached to an aromatic ring is 1. The zero-order chi connectivity index (χ0) is 13.9. The lowest BCUT2D eigenvalue weighted by Crippen LogP contribution is -2.00. The number of hydrogen-bond acceptors (Lipinski definition) is 2. The predicted molar refractivity (Wildman–Crippen MR) is 83.0 cm³/mol. The van der Waals surface area contributed by atoms with Crippen molar-refractivity contribution in [2.45, 2.75) is 13.0 Å². The molecule has 0 unspecified atom stereocenters. The van der Waals surface area contributed by atoms with Crippen LogP contribution in [0.4, 0.5) is 5.69 Å². The molecule has 3 heteroatoms. The normalized spacial score (nSPS) is 10.8. The number of fused-ring (bicyclic) bond motifs is 1. The quantitative estimate of drug-likeness (QED) is 0.734. The average molecular weight is 266 g/mol. The number of anilines is 1. The summed E-state index contributed by atoms with van der Waals surface area (Å²) in [5, 5.41) is 1.16. The van der Waals surface area contributed by atoms with Crippen molar-refractivity contribution in [2.75, 3.05) is 12.8 Å². The minimum Gasteiger partial charge on any atom is -0.496 e. The van der Waals surface area contributed by atoms with Crippen molar-refractivity contribution < 1.29 is 4.74 Å². The van der Waals surface area contributed by atoms with Gasteiger partial charge in [0.2, 0.25) is 0 Å². The minimum atomic E-state index is 0.810. The minimum absolute atomic E-state index is 0.810. The predicted octanol–water partition coefficient (Wildman–Crippen LogP) is 3.47. The van der Waals surface area contributed by atoms with Crippen LogP contribution in [0.5, 0.6) is 5.75 Å². The first-order chi connectivity index (χ1) is 9.78. The van der Waals surface area contributed by atoms with Crippen LogP contribution in [-0.4, -0.2) is 11.7 Å². The average Bonchev–Trinajstić information content (AvgIpc) is 2.90. The molecule has 3 nitrogen and oxygen atoms in total. The third-order valence-electron chi connectivity index (χ3n) is 3.61. The molecule has 0 aliphatic heterocycles. The summed E-state index contributed by atoms with van der Waals surface area (Å²) in [5.74, 6) is 0.925. The fourth-order valence-electron chi connectivity index (χ4n) is 2.50. The van der Waals surface area contributed by atoms with E-state index in [1.165, 1.54) is 11.1 Å². The van der Waals surface area contributed by atoms with E-state index in [1.807, 2.05) is 24.3 Å². The van der Waals surface area contributed by atoms with E-state index in [9.17, 15) is 0 Å². The molecule has 2 aromatic carbocycles. The number of nitrogens with zero attached hydrogens (tertiary/aromatic N) is 1. The van der Waals surface area contributed by atoms with Gasteiger partial charge in [-0.05, 0) is 42.3 Å². The van der Waals surface area contributed by atoms with Crippen molar-refractivity contribution in [3.8, 4) is 5.75 Å². The van der Waals surface area contributed by atoms with E-state index in [0.29, 0.717) is 0 Å². The first-order valence-electron chi connectivity index (χ1n) is 6.74. The van der Waals surface area contributed by atoms with E-state index in [1.54, 1.807) is 7.11 Å². The van der Waals surface area contributed by atoms with Gasteiger partial charge in [-0.1, -0.05) is 18.2 Å². The van der Waals surface area contributed by atoms with Crippen LogP contribution >= 0.6 is 0 Å². The smallest absolute Gasteiger partial charge is 0.128 e. The Kier molecular flexibility index (Phi) is 3.33. The van der Waals surface area contributed by atoms with Gasteiger partial charge in [0.15, 0.2) is 0 Å². The number of nitrogens with two attached hydrogens (primary N) is 1. The number of hydrogen-bond donors (Lipinski definition) is 1. The Balaban J connectivity index is 1.83. The number of aromatic nitrogens is 1. The van der Waals surface area contributed by atoms with E-state index < -0.39 is 0 Å². The van der Waals surface area contributed by atoms with E-state index >= 15 is 0 Å². The Morgan fingerprint density at radius 1 is 1.05 bits per heavy atom. The molecule has 0 amide bonds. The maximum atomic E-state index is 5.70. The van der Waals surface area contributed by atoms with Crippen molar-refractivity contribution in [1.29, 1.82) is 0 Å². The van der Waals surface area contributed by atoms with E-state index in [2.05, 4.69) is 35.0 Å². The summed E-state index contributed by atoms with van der Waals surface area (Å²) in [6.07, 6.45) is 3.10. The van der Waals surface area contributed by atoms with Crippen molar-refractivity contribution in [3.05, 3.63) is 60.3 Å². The second-order valence-electron chi connectivity index (χ2n) is 4.89. The van der Waals surface area contributed by atoms with Crippen molar-refractivity contribution in [2.24, 2.45) is 0 Å². The Hall–Kier alpha value is -2.42. The van der Waals surface area contributed by atoms with Gasteiger partial charge in [-0.3, -0.25) is 0 Å². The Bertz CT molecular complexity index is 713. The Labute approximate surface area is 118 Å².